The molecule has 0 aliphatic carbocycles. The van der Waals surface area contributed by atoms with Gasteiger partial charge in [-0.2, -0.15) is 0 Å². The van der Waals surface area contributed by atoms with Gasteiger partial charge < -0.3 is 16.0 Å². The van der Waals surface area contributed by atoms with Gasteiger partial charge in [0.05, 0.1) is 12.6 Å². The lowest BCUT2D eigenvalue weighted by atomic mass is 10.1. The summed E-state index contributed by atoms with van der Waals surface area (Å²) < 4.78 is 0. The van der Waals surface area contributed by atoms with Gasteiger partial charge in [-0.25, -0.2) is 0 Å². The monoisotopic (exact) mass is 407 g/mol. The summed E-state index contributed by atoms with van der Waals surface area (Å²) in [5.41, 5.74) is 1.82. The largest absolute Gasteiger partial charge is 0.344 e. The first-order valence-electron chi connectivity index (χ1n) is 9.11. The minimum atomic E-state index is -0.844. The highest BCUT2D eigenvalue weighted by molar-refractivity contribution is 7.10. The van der Waals surface area contributed by atoms with Gasteiger partial charge in [0.1, 0.15) is 0 Å². The van der Waals surface area contributed by atoms with E-state index in [0.29, 0.717) is 0 Å². The molecule has 0 bridgehead atoms. The predicted molar refractivity (Wildman–Crippen MR) is 112 cm³/mol. The zero-order chi connectivity index (χ0) is 20.5. The summed E-state index contributed by atoms with van der Waals surface area (Å²) in [6.07, 6.45) is 0. The van der Waals surface area contributed by atoms with Crippen molar-refractivity contribution in [2.24, 2.45) is 0 Å². The van der Waals surface area contributed by atoms with Gasteiger partial charge >= 0.3 is 11.8 Å². The summed E-state index contributed by atoms with van der Waals surface area (Å²) in [7, 11) is 0. The Morgan fingerprint density at radius 1 is 0.793 bits per heavy atom. The van der Waals surface area contributed by atoms with Crippen LogP contribution in [0.25, 0.3) is 0 Å². The molecular formula is C22H21N3O3S. The number of rotatable bonds is 7. The zero-order valence-electron chi connectivity index (χ0n) is 15.6. The highest BCUT2D eigenvalue weighted by atomic mass is 32.1. The summed E-state index contributed by atoms with van der Waals surface area (Å²) in [6.45, 7) is -0.0416. The SMILES string of the molecule is O=C(CNC(=O)C(=O)NCc1ccccc1)NC(c1ccccc1)c1cccs1. The van der Waals surface area contributed by atoms with E-state index in [2.05, 4.69) is 16.0 Å². The minimum absolute atomic E-state index is 0.244. The zero-order valence-corrected chi connectivity index (χ0v) is 16.4. The molecular weight excluding hydrogens is 386 g/mol. The molecule has 3 aromatic rings. The first kappa shape index (κ1) is 20.3. The fourth-order valence-electron chi connectivity index (χ4n) is 2.73. The average molecular weight is 407 g/mol. The van der Waals surface area contributed by atoms with Crippen LogP contribution in [0.1, 0.15) is 22.0 Å². The first-order chi connectivity index (χ1) is 14.1. The summed E-state index contributed by atoms with van der Waals surface area (Å²) in [6, 6.07) is 22.4. The Balaban J connectivity index is 1.51. The van der Waals surface area contributed by atoms with Gasteiger partial charge in [-0.05, 0) is 22.6 Å². The fraction of sp³-hybridized carbons (Fsp3) is 0.136. The van der Waals surface area contributed by atoms with Crippen molar-refractivity contribution in [3.05, 3.63) is 94.2 Å². The van der Waals surface area contributed by atoms with Crippen LogP contribution >= 0.6 is 11.3 Å². The highest BCUT2D eigenvalue weighted by Crippen LogP contribution is 2.25. The lowest BCUT2D eigenvalue weighted by molar-refractivity contribution is -0.139. The number of carbonyl (C=O) groups excluding carboxylic acids is 3. The summed E-state index contributed by atoms with van der Waals surface area (Å²) in [4.78, 5) is 37.2. The Hall–Kier alpha value is -3.45. The number of nitrogens with one attached hydrogen (secondary N) is 3. The van der Waals surface area contributed by atoms with Crippen LogP contribution in [-0.2, 0) is 20.9 Å². The van der Waals surface area contributed by atoms with E-state index in [9.17, 15) is 14.4 Å². The molecule has 0 aliphatic rings. The van der Waals surface area contributed by atoms with E-state index in [1.54, 1.807) is 0 Å². The molecule has 3 amide bonds. The van der Waals surface area contributed by atoms with E-state index >= 15 is 0 Å². The van der Waals surface area contributed by atoms with Crippen LogP contribution in [-0.4, -0.2) is 24.3 Å². The fourth-order valence-corrected chi connectivity index (χ4v) is 3.53. The van der Waals surface area contributed by atoms with Crippen molar-refractivity contribution in [3.8, 4) is 0 Å². The van der Waals surface area contributed by atoms with Crippen LogP contribution in [0.15, 0.2) is 78.2 Å². The minimum Gasteiger partial charge on any atom is -0.344 e. The highest BCUT2D eigenvalue weighted by Gasteiger charge is 2.19. The summed E-state index contributed by atoms with van der Waals surface area (Å²) in [5.74, 6) is -2.00. The Bertz CT molecular complexity index is 944. The maximum Gasteiger partial charge on any atom is 0.309 e. The second-order valence-corrected chi connectivity index (χ2v) is 7.26. The van der Waals surface area contributed by atoms with Crippen LogP contribution in [0.2, 0.25) is 0 Å². The number of carbonyl (C=O) groups is 3. The molecule has 1 unspecified atom stereocenters. The van der Waals surface area contributed by atoms with Crippen LogP contribution < -0.4 is 16.0 Å². The van der Waals surface area contributed by atoms with Gasteiger partial charge in [-0.15, -0.1) is 11.3 Å². The molecule has 6 nitrogen and oxygen atoms in total. The van der Waals surface area contributed by atoms with Crippen molar-refractivity contribution < 1.29 is 14.4 Å². The molecule has 2 aromatic carbocycles. The van der Waals surface area contributed by atoms with Gasteiger partial charge in [0.15, 0.2) is 0 Å². The van der Waals surface area contributed by atoms with Crippen molar-refractivity contribution in [2.75, 3.05) is 6.54 Å². The van der Waals surface area contributed by atoms with Crippen molar-refractivity contribution in [1.82, 2.24) is 16.0 Å². The topological polar surface area (TPSA) is 87.3 Å². The lowest BCUT2D eigenvalue weighted by Gasteiger charge is -2.18. The van der Waals surface area contributed by atoms with Gasteiger partial charge in [0.2, 0.25) is 5.91 Å². The quantitative estimate of drug-likeness (QED) is 0.526. The third-order valence-electron chi connectivity index (χ3n) is 4.18. The molecule has 1 atom stereocenters. The van der Waals surface area contributed by atoms with Crippen molar-refractivity contribution >= 4 is 29.1 Å². The van der Waals surface area contributed by atoms with E-state index < -0.39 is 11.8 Å². The maximum absolute atomic E-state index is 12.4. The van der Waals surface area contributed by atoms with Crippen LogP contribution in [0, 0.1) is 0 Å². The van der Waals surface area contributed by atoms with Gasteiger partial charge in [0.25, 0.3) is 0 Å². The maximum atomic E-state index is 12.4. The Kier molecular flexibility index (Phi) is 7.13. The smallest absolute Gasteiger partial charge is 0.309 e. The Labute approximate surface area is 173 Å². The molecule has 3 N–H and O–H groups in total. The van der Waals surface area contributed by atoms with Crippen LogP contribution in [0.5, 0.6) is 0 Å². The Morgan fingerprint density at radius 3 is 2.10 bits per heavy atom. The Morgan fingerprint density at radius 2 is 1.45 bits per heavy atom. The van der Waals surface area contributed by atoms with E-state index in [0.717, 1.165) is 16.0 Å². The van der Waals surface area contributed by atoms with Gasteiger partial charge in [0, 0.05) is 11.4 Å². The predicted octanol–water partition coefficient (Wildman–Crippen LogP) is 2.39. The number of hydrogen-bond donors (Lipinski definition) is 3. The average Bonchev–Trinajstić information content (AvgIpc) is 3.30. The van der Waals surface area contributed by atoms with E-state index in [-0.39, 0.29) is 25.0 Å². The molecule has 0 saturated carbocycles. The van der Waals surface area contributed by atoms with E-state index in [1.807, 2.05) is 78.2 Å². The van der Waals surface area contributed by atoms with Crippen LogP contribution in [0.4, 0.5) is 0 Å². The summed E-state index contributed by atoms with van der Waals surface area (Å²) in [5, 5.41) is 9.75. The van der Waals surface area contributed by atoms with Crippen molar-refractivity contribution in [3.63, 3.8) is 0 Å². The number of benzene rings is 2. The van der Waals surface area contributed by atoms with Crippen molar-refractivity contribution in [2.45, 2.75) is 12.6 Å². The van der Waals surface area contributed by atoms with E-state index in [1.165, 1.54) is 11.3 Å². The number of hydrogen-bond acceptors (Lipinski definition) is 4. The second kappa shape index (κ2) is 10.2. The number of thiophene rings is 1. The van der Waals surface area contributed by atoms with Crippen LogP contribution in [0.3, 0.4) is 0 Å². The third-order valence-corrected chi connectivity index (χ3v) is 5.11. The second-order valence-electron chi connectivity index (χ2n) is 6.28. The molecule has 0 aliphatic heterocycles. The third kappa shape index (κ3) is 6.02. The summed E-state index contributed by atoms with van der Waals surface area (Å²) >= 11 is 1.54. The molecule has 3 rings (SSSR count). The first-order valence-corrected chi connectivity index (χ1v) is 9.99. The normalized spacial score (nSPS) is 11.3. The molecule has 1 heterocycles. The lowest BCUT2D eigenvalue weighted by Crippen LogP contribution is -2.44. The standard InChI is InChI=1S/C22H21N3O3S/c26-19(15-24-22(28)21(27)23-14-16-8-3-1-4-9-16)25-20(18-12-7-13-29-18)17-10-5-2-6-11-17/h1-13,20H,14-15H2,(H,23,27)(H,24,28)(H,25,26). The van der Waals surface area contributed by atoms with Crippen molar-refractivity contribution in [1.29, 1.82) is 0 Å². The number of amides is 3. The molecule has 29 heavy (non-hydrogen) atoms. The molecule has 1 aromatic heterocycles. The van der Waals surface area contributed by atoms with E-state index in [4.69, 9.17) is 0 Å². The van der Waals surface area contributed by atoms with Gasteiger partial charge in [-0.1, -0.05) is 66.7 Å². The molecule has 7 heteroatoms. The van der Waals surface area contributed by atoms with Gasteiger partial charge in [-0.3, -0.25) is 14.4 Å². The molecule has 0 radical (unpaired) electrons. The molecule has 148 valence electrons. The molecule has 0 spiro atoms. The molecule has 0 saturated heterocycles. The molecule has 0 fully saturated rings.